The van der Waals surface area contributed by atoms with Crippen molar-refractivity contribution in [3.8, 4) is 0 Å². The lowest BCUT2D eigenvalue weighted by atomic mass is 10.0. The minimum absolute atomic E-state index is 0.0285. The van der Waals surface area contributed by atoms with Gasteiger partial charge in [-0.1, -0.05) is 26.0 Å². The first kappa shape index (κ1) is 22.1. The van der Waals surface area contributed by atoms with Crippen molar-refractivity contribution >= 4 is 17.5 Å². The van der Waals surface area contributed by atoms with Crippen molar-refractivity contribution in [3.63, 3.8) is 0 Å². The first-order valence-electron chi connectivity index (χ1n) is 10.6. The zero-order valence-corrected chi connectivity index (χ0v) is 18.4. The van der Waals surface area contributed by atoms with Crippen molar-refractivity contribution in [2.75, 3.05) is 45.1 Å². The summed E-state index contributed by atoms with van der Waals surface area (Å²) in [4.78, 5) is 29.5. The van der Waals surface area contributed by atoms with E-state index in [9.17, 15) is 9.59 Å². The number of likely N-dealkylation sites (N-methyl/N-ethyl adjacent to an activating group) is 1. The maximum absolute atomic E-state index is 12.5. The van der Waals surface area contributed by atoms with Crippen LogP contribution in [-0.2, 0) is 16.6 Å². The molecule has 2 N–H and O–H groups in total. The molecule has 1 aliphatic heterocycles. The molecular formula is C23H33N5O2. The van der Waals surface area contributed by atoms with Crippen LogP contribution in [0.4, 0.5) is 5.69 Å². The van der Waals surface area contributed by atoms with E-state index in [1.54, 1.807) is 0 Å². The minimum Gasteiger partial charge on any atom is -0.353 e. The van der Waals surface area contributed by atoms with Gasteiger partial charge in [0.15, 0.2) is 0 Å². The molecule has 1 aromatic heterocycles. The van der Waals surface area contributed by atoms with E-state index in [-0.39, 0.29) is 6.04 Å². The lowest BCUT2D eigenvalue weighted by Crippen LogP contribution is -2.49. The Morgan fingerprint density at radius 1 is 0.967 bits per heavy atom. The van der Waals surface area contributed by atoms with E-state index in [2.05, 4.69) is 52.0 Å². The zero-order chi connectivity index (χ0) is 21.7. The van der Waals surface area contributed by atoms with Gasteiger partial charge < -0.3 is 20.1 Å². The van der Waals surface area contributed by atoms with Crippen molar-refractivity contribution in [3.05, 3.63) is 53.9 Å². The van der Waals surface area contributed by atoms with Crippen molar-refractivity contribution < 1.29 is 9.59 Å². The topological polar surface area (TPSA) is 69.6 Å². The third-order valence-corrected chi connectivity index (χ3v) is 5.80. The second-order valence-electron chi connectivity index (χ2n) is 8.34. The second kappa shape index (κ2) is 9.91. The SMILES string of the molecule is CC(C)c1ccc(NC(=O)C(=O)NCC(c2cccn2C)N2CCN(C)CC2)cc1. The molecule has 1 fully saturated rings. The van der Waals surface area contributed by atoms with Crippen molar-refractivity contribution in [2.45, 2.75) is 25.8 Å². The van der Waals surface area contributed by atoms with Gasteiger partial charge in [0.05, 0.1) is 6.04 Å². The average molecular weight is 412 g/mol. The van der Waals surface area contributed by atoms with Crippen molar-refractivity contribution in [2.24, 2.45) is 7.05 Å². The Bertz CT molecular complexity index is 851. The van der Waals surface area contributed by atoms with Crippen LogP contribution in [0.5, 0.6) is 0 Å². The highest BCUT2D eigenvalue weighted by Gasteiger charge is 2.26. The number of carbonyl (C=O) groups is 2. The smallest absolute Gasteiger partial charge is 0.313 e. The fourth-order valence-corrected chi connectivity index (χ4v) is 3.78. The molecule has 2 aromatic rings. The summed E-state index contributed by atoms with van der Waals surface area (Å²) in [5.41, 5.74) is 2.94. The predicted molar refractivity (Wildman–Crippen MR) is 119 cm³/mol. The average Bonchev–Trinajstić information content (AvgIpc) is 3.15. The number of hydrogen-bond donors (Lipinski definition) is 2. The van der Waals surface area contributed by atoms with Crippen LogP contribution >= 0.6 is 0 Å². The summed E-state index contributed by atoms with van der Waals surface area (Å²) in [6, 6.07) is 11.7. The fraction of sp³-hybridized carbons (Fsp3) is 0.478. The molecule has 1 atom stereocenters. The van der Waals surface area contributed by atoms with E-state index in [4.69, 9.17) is 0 Å². The molecule has 7 nitrogen and oxygen atoms in total. The van der Waals surface area contributed by atoms with Gasteiger partial charge in [-0.3, -0.25) is 14.5 Å². The number of benzene rings is 1. The summed E-state index contributed by atoms with van der Waals surface area (Å²) in [6.45, 7) is 8.45. The summed E-state index contributed by atoms with van der Waals surface area (Å²) in [5, 5.41) is 5.52. The van der Waals surface area contributed by atoms with Gasteiger partial charge in [-0.05, 0) is 42.8 Å². The van der Waals surface area contributed by atoms with Gasteiger partial charge in [-0.2, -0.15) is 0 Å². The molecule has 0 saturated carbocycles. The highest BCUT2D eigenvalue weighted by Crippen LogP contribution is 2.22. The molecule has 2 heterocycles. The van der Waals surface area contributed by atoms with Gasteiger partial charge in [-0.15, -0.1) is 0 Å². The second-order valence-corrected chi connectivity index (χ2v) is 8.34. The number of carbonyl (C=O) groups excluding carboxylic acids is 2. The molecule has 2 amide bonds. The molecule has 162 valence electrons. The van der Waals surface area contributed by atoms with E-state index in [1.165, 1.54) is 5.56 Å². The van der Waals surface area contributed by atoms with E-state index in [0.717, 1.165) is 31.9 Å². The monoisotopic (exact) mass is 411 g/mol. The molecule has 0 radical (unpaired) electrons. The molecule has 30 heavy (non-hydrogen) atoms. The Morgan fingerprint density at radius 3 is 2.20 bits per heavy atom. The number of nitrogens with one attached hydrogen (secondary N) is 2. The maximum atomic E-state index is 12.5. The number of piperazine rings is 1. The predicted octanol–water partition coefficient (Wildman–Crippen LogP) is 2.19. The first-order valence-corrected chi connectivity index (χ1v) is 10.6. The zero-order valence-electron chi connectivity index (χ0n) is 18.4. The molecular weight excluding hydrogens is 378 g/mol. The summed E-state index contributed by atoms with van der Waals surface area (Å²) >= 11 is 0. The van der Waals surface area contributed by atoms with Crippen molar-refractivity contribution in [1.29, 1.82) is 0 Å². The van der Waals surface area contributed by atoms with Crippen LogP contribution in [0.1, 0.15) is 37.1 Å². The van der Waals surface area contributed by atoms with E-state index < -0.39 is 11.8 Å². The summed E-state index contributed by atoms with van der Waals surface area (Å²) in [7, 11) is 4.13. The number of nitrogens with zero attached hydrogens (tertiary/aromatic N) is 3. The van der Waals surface area contributed by atoms with E-state index in [1.807, 2.05) is 43.6 Å². The minimum atomic E-state index is -0.642. The number of aromatic nitrogens is 1. The van der Waals surface area contributed by atoms with Gasteiger partial charge >= 0.3 is 11.8 Å². The largest absolute Gasteiger partial charge is 0.353 e. The standard InChI is InChI=1S/C23H33N5O2/c1-17(2)18-7-9-19(10-8-18)25-23(30)22(29)24-16-21(20-6-5-11-27(20)4)28-14-12-26(3)13-15-28/h5-11,17,21H,12-16H2,1-4H3,(H,24,29)(H,25,30). The van der Waals surface area contributed by atoms with Crippen LogP contribution in [0, 0.1) is 0 Å². The number of anilines is 1. The molecule has 1 saturated heterocycles. The summed E-state index contributed by atoms with van der Waals surface area (Å²) < 4.78 is 2.07. The molecule has 0 bridgehead atoms. The van der Waals surface area contributed by atoms with Gasteiger partial charge in [-0.25, -0.2) is 0 Å². The maximum Gasteiger partial charge on any atom is 0.313 e. The number of rotatable bonds is 6. The van der Waals surface area contributed by atoms with Crippen molar-refractivity contribution in [1.82, 2.24) is 19.7 Å². The third-order valence-electron chi connectivity index (χ3n) is 5.80. The molecule has 1 aromatic carbocycles. The Kier molecular flexibility index (Phi) is 7.29. The normalized spacial score (nSPS) is 16.4. The number of aryl methyl sites for hydroxylation is 1. The third kappa shape index (κ3) is 5.49. The lowest BCUT2D eigenvalue weighted by molar-refractivity contribution is -0.136. The van der Waals surface area contributed by atoms with Gasteiger partial charge in [0.25, 0.3) is 0 Å². The quantitative estimate of drug-likeness (QED) is 0.715. The van der Waals surface area contributed by atoms with Crippen LogP contribution in [0.25, 0.3) is 0 Å². The van der Waals surface area contributed by atoms with Crippen LogP contribution in [-0.4, -0.2) is 66.0 Å². The Hall–Kier alpha value is -2.64. The molecule has 0 aliphatic carbocycles. The molecule has 3 rings (SSSR count). The number of amides is 2. The fourth-order valence-electron chi connectivity index (χ4n) is 3.78. The number of hydrogen-bond acceptors (Lipinski definition) is 4. The lowest BCUT2D eigenvalue weighted by Gasteiger charge is -2.38. The highest BCUT2D eigenvalue weighted by molar-refractivity contribution is 6.39. The van der Waals surface area contributed by atoms with E-state index in [0.29, 0.717) is 18.2 Å². The molecule has 1 aliphatic rings. The first-order chi connectivity index (χ1) is 14.3. The van der Waals surface area contributed by atoms with Crippen LogP contribution in [0.15, 0.2) is 42.6 Å². The van der Waals surface area contributed by atoms with E-state index >= 15 is 0 Å². The van der Waals surface area contributed by atoms with Crippen LogP contribution in [0.3, 0.4) is 0 Å². The van der Waals surface area contributed by atoms with Gasteiger partial charge in [0, 0.05) is 57.3 Å². The summed E-state index contributed by atoms with van der Waals surface area (Å²) in [5.74, 6) is -0.838. The van der Waals surface area contributed by atoms with Crippen LogP contribution < -0.4 is 10.6 Å². The Balaban J connectivity index is 1.60. The Morgan fingerprint density at radius 2 is 1.63 bits per heavy atom. The van der Waals surface area contributed by atoms with Crippen LogP contribution in [0.2, 0.25) is 0 Å². The van der Waals surface area contributed by atoms with Gasteiger partial charge in [0.2, 0.25) is 0 Å². The Labute approximate surface area is 179 Å². The highest BCUT2D eigenvalue weighted by atomic mass is 16.2. The molecule has 7 heteroatoms. The molecule has 1 unspecified atom stereocenters. The summed E-state index contributed by atoms with van der Waals surface area (Å²) in [6.07, 6.45) is 2.01. The van der Waals surface area contributed by atoms with Gasteiger partial charge in [0.1, 0.15) is 0 Å². The molecule has 0 spiro atoms.